The molecule has 26 heavy (non-hydrogen) atoms. The van der Waals surface area contributed by atoms with Gasteiger partial charge >= 0.3 is 6.09 Å². The molecule has 0 radical (unpaired) electrons. The molecule has 1 fully saturated rings. The Morgan fingerprint density at radius 1 is 1.35 bits per heavy atom. The van der Waals surface area contributed by atoms with Crippen LogP contribution in [-0.4, -0.2) is 30.9 Å². The lowest BCUT2D eigenvalue weighted by molar-refractivity contribution is 0.0515. The van der Waals surface area contributed by atoms with Crippen LogP contribution in [0, 0.1) is 5.92 Å². The fraction of sp³-hybridized carbons (Fsp3) is 0.650. The molecular formula is C20H32N2O4. The van der Waals surface area contributed by atoms with E-state index in [1.165, 1.54) is 0 Å². The number of nitrogens with one attached hydrogen (secondary N) is 1. The highest BCUT2D eigenvalue weighted by Crippen LogP contribution is 2.30. The van der Waals surface area contributed by atoms with Crippen LogP contribution in [0.15, 0.2) is 18.2 Å². The fourth-order valence-electron chi connectivity index (χ4n) is 2.38. The maximum Gasteiger partial charge on any atom is 0.407 e. The number of carbonyl (C=O) groups excluding carboxylic acids is 1. The standard InChI is InChI=1S/C20H32N2O4/c1-14(9-10-22-19(23)26-20(2,3)4)12-24-13-15-11-16(21)5-8-18(15)25-17-6-7-17/h5,8,11,14,17H,6-7,9-10,12-13,21H2,1-4H3,(H,22,23). The average molecular weight is 364 g/mol. The molecule has 1 saturated carbocycles. The molecule has 1 unspecified atom stereocenters. The minimum atomic E-state index is -0.476. The summed E-state index contributed by atoms with van der Waals surface area (Å²) in [5.74, 6) is 1.18. The van der Waals surface area contributed by atoms with Crippen molar-refractivity contribution in [1.82, 2.24) is 5.32 Å². The number of hydrogen-bond donors (Lipinski definition) is 2. The Morgan fingerprint density at radius 2 is 2.08 bits per heavy atom. The SMILES string of the molecule is CC(CCNC(=O)OC(C)(C)C)COCc1cc(N)ccc1OC1CC1. The molecule has 1 aromatic carbocycles. The van der Waals surface area contributed by atoms with Crippen LogP contribution < -0.4 is 15.8 Å². The fourth-order valence-corrected chi connectivity index (χ4v) is 2.38. The quantitative estimate of drug-likeness (QED) is 0.650. The number of nitrogen functional groups attached to an aromatic ring is 1. The predicted molar refractivity (Wildman–Crippen MR) is 102 cm³/mol. The van der Waals surface area contributed by atoms with E-state index in [0.29, 0.717) is 37.5 Å². The molecule has 146 valence electrons. The number of benzene rings is 1. The van der Waals surface area contributed by atoms with Crippen molar-refractivity contribution >= 4 is 11.8 Å². The maximum atomic E-state index is 11.6. The van der Waals surface area contributed by atoms with Crippen LogP contribution in [0.3, 0.4) is 0 Å². The summed E-state index contributed by atoms with van der Waals surface area (Å²) >= 11 is 0. The Hall–Kier alpha value is -1.95. The Bertz CT molecular complexity index is 594. The molecule has 6 nitrogen and oxygen atoms in total. The maximum absolute atomic E-state index is 11.6. The molecule has 1 atom stereocenters. The van der Waals surface area contributed by atoms with Gasteiger partial charge in [0.2, 0.25) is 0 Å². The lowest BCUT2D eigenvalue weighted by Crippen LogP contribution is -2.33. The Morgan fingerprint density at radius 3 is 2.73 bits per heavy atom. The Kier molecular flexibility index (Phi) is 7.14. The second-order valence-corrected chi connectivity index (χ2v) is 8.02. The molecule has 1 aliphatic carbocycles. The van der Waals surface area contributed by atoms with Crippen molar-refractivity contribution in [2.45, 2.75) is 65.3 Å². The second kappa shape index (κ2) is 9.12. The van der Waals surface area contributed by atoms with Crippen molar-refractivity contribution in [3.8, 4) is 5.75 Å². The van der Waals surface area contributed by atoms with E-state index in [-0.39, 0.29) is 6.09 Å². The van der Waals surface area contributed by atoms with Crippen LogP contribution in [0.2, 0.25) is 0 Å². The zero-order valence-electron chi connectivity index (χ0n) is 16.3. The van der Waals surface area contributed by atoms with E-state index in [4.69, 9.17) is 19.9 Å². The van der Waals surface area contributed by atoms with Crippen molar-refractivity contribution in [2.24, 2.45) is 5.92 Å². The smallest absolute Gasteiger partial charge is 0.407 e. The van der Waals surface area contributed by atoms with Gasteiger partial charge in [0.25, 0.3) is 0 Å². The highest BCUT2D eigenvalue weighted by atomic mass is 16.6. The van der Waals surface area contributed by atoms with Gasteiger partial charge in [-0.05, 0) is 64.2 Å². The van der Waals surface area contributed by atoms with Crippen molar-refractivity contribution < 1.29 is 19.0 Å². The molecule has 0 bridgehead atoms. The monoisotopic (exact) mass is 364 g/mol. The summed E-state index contributed by atoms with van der Waals surface area (Å²) in [6.07, 6.45) is 3.02. The third kappa shape index (κ3) is 7.95. The van der Waals surface area contributed by atoms with Gasteiger partial charge in [-0.1, -0.05) is 6.92 Å². The van der Waals surface area contributed by atoms with Gasteiger partial charge in [-0.3, -0.25) is 0 Å². The summed E-state index contributed by atoms with van der Waals surface area (Å²) in [6, 6.07) is 5.68. The molecule has 6 heteroatoms. The van der Waals surface area contributed by atoms with E-state index in [0.717, 1.165) is 30.6 Å². The first-order valence-electron chi connectivity index (χ1n) is 9.32. The number of rotatable bonds is 9. The summed E-state index contributed by atoms with van der Waals surface area (Å²) in [6.45, 7) is 9.28. The zero-order chi connectivity index (χ0) is 19.2. The predicted octanol–water partition coefficient (Wildman–Crippen LogP) is 3.88. The minimum Gasteiger partial charge on any atom is -0.490 e. The van der Waals surface area contributed by atoms with Crippen molar-refractivity contribution in [2.75, 3.05) is 18.9 Å². The molecule has 0 saturated heterocycles. The lowest BCUT2D eigenvalue weighted by Gasteiger charge is -2.20. The van der Waals surface area contributed by atoms with Crippen LogP contribution in [0.1, 0.15) is 52.5 Å². The van der Waals surface area contributed by atoms with Crippen molar-refractivity contribution in [3.63, 3.8) is 0 Å². The van der Waals surface area contributed by atoms with E-state index < -0.39 is 5.60 Å². The minimum absolute atomic E-state index is 0.318. The summed E-state index contributed by atoms with van der Waals surface area (Å²) < 4.78 is 17.0. The van der Waals surface area contributed by atoms with Gasteiger partial charge in [0.05, 0.1) is 12.7 Å². The molecule has 1 aromatic rings. The number of nitrogens with two attached hydrogens (primary N) is 1. The number of amides is 1. The molecule has 1 aliphatic rings. The second-order valence-electron chi connectivity index (χ2n) is 8.02. The van der Waals surface area contributed by atoms with Gasteiger partial charge in [0.15, 0.2) is 0 Å². The third-order valence-electron chi connectivity index (χ3n) is 3.87. The van der Waals surface area contributed by atoms with E-state index in [9.17, 15) is 4.79 Å². The van der Waals surface area contributed by atoms with Crippen LogP contribution in [0.5, 0.6) is 5.75 Å². The Balaban J connectivity index is 1.67. The first kappa shape index (κ1) is 20.4. The van der Waals surface area contributed by atoms with Gasteiger partial charge in [0, 0.05) is 24.4 Å². The number of carbonyl (C=O) groups is 1. The van der Waals surface area contributed by atoms with Crippen LogP contribution in [0.4, 0.5) is 10.5 Å². The topological polar surface area (TPSA) is 82.8 Å². The summed E-state index contributed by atoms with van der Waals surface area (Å²) in [4.78, 5) is 11.6. The van der Waals surface area contributed by atoms with Crippen LogP contribution in [0.25, 0.3) is 0 Å². The average Bonchev–Trinajstić information content (AvgIpc) is 3.32. The van der Waals surface area contributed by atoms with Gasteiger partial charge in [-0.2, -0.15) is 0 Å². The van der Waals surface area contributed by atoms with E-state index in [1.807, 2.05) is 39.0 Å². The van der Waals surface area contributed by atoms with E-state index >= 15 is 0 Å². The highest BCUT2D eigenvalue weighted by molar-refractivity contribution is 5.67. The summed E-state index contributed by atoms with van der Waals surface area (Å²) in [5, 5.41) is 2.77. The highest BCUT2D eigenvalue weighted by Gasteiger charge is 2.24. The zero-order valence-corrected chi connectivity index (χ0v) is 16.3. The number of anilines is 1. The number of ether oxygens (including phenoxy) is 3. The first-order valence-corrected chi connectivity index (χ1v) is 9.32. The van der Waals surface area contributed by atoms with Crippen LogP contribution >= 0.6 is 0 Å². The number of alkyl carbamates (subject to hydrolysis) is 1. The molecule has 0 spiro atoms. The van der Waals surface area contributed by atoms with Gasteiger partial charge in [0.1, 0.15) is 11.4 Å². The van der Waals surface area contributed by atoms with Crippen molar-refractivity contribution in [3.05, 3.63) is 23.8 Å². The summed E-state index contributed by atoms with van der Waals surface area (Å²) in [5.41, 5.74) is 7.10. The molecule has 1 amide bonds. The third-order valence-corrected chi connectivity index (χ3v) is 3.87. The molecule has 0 aromatic heterocycles. The molecule has 3 N–H and O–H groups in total. The van der Waals surface area contributed by atoms with E-state index in [1.54, 1.807) is 0 Å². The summed E-state index contributed by atoms with van der Waals surface area (Å²) in [7, 11) is 0. The largest absolute Gasteiger partial charge is 0.490 e. The van der Waals surface area contributed by atoms with Crippen LogP contribution in [-0.2, 0) is 16.1 Å². The Labute approximate surface area is 156 Å². The van der Waals surface area contributed by atoms with Crippen molar-refractivity contribution in [1.29, 1.82) is 0 Å². The molecule has 0 aliphatic heterocycles. The van der Waals surface area contributed by atoms with Gasteiger partial charge in [-0.25, -0.2) is 4.79 Å². The first-order chi connectivity index (χ1) is 12.2. The van der Waals surface area contributed by atoms with Gasteiger partial charge < -0.3 is 25.3 Å². The van der Waals surface area contributed by atoms with Gasteiger partial charge in [-0.15, -0.1) is 0 Å². The van der Waals surface area contributed by atoms with E-state index in [2.05, 4.69) is 12.2 Å². The molecule has 0 heterocycles. The molecule has 2 rings (SSSR count). The molecular weight excluding hydrogens is 332 g/mol. The number of hydrogen-bond acceptors (Lipinski definition) is 5. The normalized spacial score (nSPS) is 15.4. The lowest BCUT2D eigenvalue weighted by atomic mass is 10.1.